The minimum Gasteiger partial charge on any atom is -0.313 e. The van der Waals surface area contributed by atoms with Gasteiger partial charge >= 0.3 is 0 Å². The van der Waals surface area contributed by atoms with Gasteiger partial charge < -0.3 is 5.32 Å². The summed E-state index contributed by atoms with van der Waals surface area (Å²) in [6, 6.07) is 9.22. The number of hydrogen-bond acceptors (Lipinski definition) is 2. The van der Waals surface area contributed by atoms with Gasteiger partial charge in [-0.2, -0.15) is 0 Å². The highest BCUT2D eigenvalue weighted by atomic mass is 32.1. The van der Waals surface area contributed by atoms with Crippen LogP contribution in [0, 0.1) is 0 Å². The van der Waals surface area contributed by atoms with E-state index in [0.29, 0.717) is 6.04 Å². The molecular formula is C12H15NS. The summed E-state index contributed by atoms with van der Waals surface area (Å²) >= 11 is 1.83. The van der Waals surface area contributed by atoms with E-state index >= 15 is 0 Å². The molecule has 1 aromatic heterocycles. The molecule has 14 heavy (non-hydrogen) atoms. The molecular weight excluding hydrogens is 190 g/mol. The molecule has 2 aromatic rings. The molecule has 74 valence electrons. The average Bonchev–Trinajstić information content (AvgIpc) is 2.68. The normalized spacial score (nSPS) is 13.3. The van der Waals surface area contributed by atoms with Gasteiger partial charge in [-0.05, 0) is 35.9 Å². The Balaban J connectivity index is 2.54. The maximum absolute atomic E-state index is 3.36. The summed E-state index contributed by atoms with van der Waals surface area (Å²) in [5.41, 5.74) is 1.43. The van der Waals surface area contributed by atoms with E-state index in [-0.39, 0.29) is 0 Å². The first-order valence-electron chi connectivity index (χ1n) is 5.00. The van der Waals surface area contributed by atoms with Crippen LogP contribution >= 0.6 is 11.3 Å². The highest BCUT2D eigenvalue weighted by Gasteiger charge is 2.10. The summed E-state index contributed by atoms with van der Waals surface area (Å²) in [6.07, 6.45) is 1.13. The summed E-state index contributed by atoms with van der Waals surface area (Å²) < 4.78 is 1.42. The topological polar surface area (TPSA) is 12.0 Å². The molecule has 1 N–H and O–H groups in total. The van der Waals surface area contributed by atoms with E-state index < -0.39 is 0 Å². The Bertz CT molecular complexity index is 415. The van der Waals surface area contributed by atoms with Crippen molar-refractivity contribution in [2.75, 3.05) is 7.05 Å². The van der Waals surface area contributed by atoms with Crippen LogP contribution in [0.2, 0.25) is 0 Å². The van der Waals surface area contributed by atoms with Gasteiger partial charge in [0.15, 0.2) is 0 Å². The second-order valence-electron chi connectivity index (χ2n) is 3.44. The van der Waals surface area contributed by atoms with E-state index in [9.17, 15) is 0 Å². The minimum atomic E-state index is 0.484. The van der Waals surface area contributed by atoms with Crippen molar-refractivity contribution in [2.45, 2.75) is 19.4 Å². The van der Waals surface area contributed by atoms with Gasteiger partial charge in [0.1, 0.15) is 0 Å². The van der Waals surface area contributed by atoms with Gasteiger partial charge in [-0.15, -0.1) is 11.3 Å². The number of thiophene rings is 1. The van der Waals surface area contributed by atoms with E-state index in [1.165, 1.54) is 15.6 Å². The van der Waals surface area contributed by atoms with Crippen LogP contribution in [0.1, 0.15) is 24.9 Å². The fourth-order valence-electron chi connectivity index (χ4n) is 1.87. The van der Waals surface area contributed by atoms with Gasteiger partial charge in [0.25, 0.3) is 0 Å². The third-order valence-electron chi connectivity index (χ3n) is 2.64. The molecule has 0 spiro atoms. The third kappa shape index (κ3) is 1.56. The summed E-state index contributed by atoms with van der Waals surface area (Å²) in [4.78, 5) is 0. The van der Waals surface area contributed by atoms with Crippen LogP contribution in [0.3, 0.4) is 0 Å². The van der Waals surface area contributed by atoms with E-state index in [2.05, 4.69) is 41.9 Å². The Labute approximate surface area is 88.8 Å². The standard InChI is InChI=1S/C12H15NS/c1-3-11(13-2)10-6-4-5-9-7-8-14-12(9)10/h4-8,11,13H,3H2,1-2H3. The maximum Gasteiger partial charge on any atom is 0.0390 e. The Morgan fingerprint density at radius 3 is 2.93 bits per heavy atom. The molecule has 0 fully saturated rings. The van der Waals surface area contributed by atoms with Crippen LogP contribution in [-0.2, 0) is 0 Å². The zero-order valence-electron chi connectivity index (χ0n) is 8.58. The lowest BCUT2D eigenvalue weighted by atomic mass is 10.0. The molecule has 0 saturated heterocycles. The molecule has 0 bridgehead atoms. The molecule has 0 aliphatic heterocycles. The van der Waals surface area contributed by atoms with Gasteiger partial charge in [0.05, 0.1) is 0 Å². The Kier molecular flexibility index (Phi) is 2.85. The number of nitrogens with one attached hydrogen (secondary N) is 1. The summed E-state index contributed by atoms with van der Waals surface area (Å²) in [5, 5.41) is 6.88. The van der Waals surface area contributed by atoms with Gasteiger partial charge in [0.2, 0.25) is 0 Å². The van der Waals surface area contributed by atoms with Crippen molar-refractivity contribution in [3.63, 3.8) is 0 Å². The highest BCUT2D eigenvalue weighted by Crippen LogP contribution is 2.29. The summed E-state index contributed by atoms with van der Waals surface area (Å²) in [6.45, 7) is 2.22. The average molecular weight is 205 g/mol. The van der Waals surface area contributed by atoms with Crippen LogP contribution in [0.15, 0.2) is 29.6 Å². The first kappa shape index (κ1) is 9.69. The number of fused-ring (bicyclic) bond motifs is 1. The molecule has 2 rings (SSSR count). The number of benzene rings is 1. The minimum absolute atomic E-state index is 0.484. The molecule has 1 aromatic carbocycles. The van der Waals surface area contributed by atoms with E-state index in [1.807, 2.05) is 18.4 Å². The quantitative estimate of drug-likeness (QED) is 0.807. The molecule has 0 amide bonds. The Morgan fingerprint density at radius 1 is 1.36 bits per heavy atom. The lowest BCUT2D eigenvalue weighted by Crippen LogP contribution is -2.15. The number of rotatable bonds is 3. The molecule has 1 unspecified atom stereocenters. The summed E-state index contributed by atoms with van der Waals surface area (Å²) in [7, 11) is 2.03. The van der Waals surface area contributed by atoms with Crippen LogP contribution in [-0.4, -0.2) is 7.05 Å². The zero-order valence-corrected chi connectivity index (χ0v) is 9.40. The van der Waals surface area contributed by atoms with E-state index in [4.69, 9.17) is 0 Å². The first-order chi connectivity index (χ1) is 6.86. The lowest BCUT2D eigenvalue weighted by Gasteiger charge is -2.14. The van der Waals surface area contributed by atoms with E-state index in [0.717, 1.165) is 6.42 Å². The second-order valence-corrected chi connectivity index (χ2v) is 4.35. The predicted molar refractivity (Wildman–Crippen MR) is 63.9 cm³/mol. The van der Waals surface area contributed by atoms with Crippen molar-refractivity contribution in [1.82, 2.24) is 5.32 Å². The lowest BCUT2D eigenvalue weighted by molar-refractivity contribution is 0.581. The number of hydrogen-bond donors (Lipinski definition) is 1. The van der Waals surface area contributed by atoms with Crippen molar-refractivity contribution in [2.24, 2.45) is 0 Å². The Hall–Kier alpha value is -0.860. The predicted octanol–water partition coefficient (Wildman–Crippen LogP) is 3.57. The molecule has 0 saturated carbocycles. The third-order valence-corrected chi connectivity index (χ3v) is 3.62. The van der Waals surface area contributed by atoms with Gasteiger partial charge in [-0.3, -0.25) is 0 Å². The molecule has 1 atom stereocenters. The second kappa shape index (κ2) is 4.11. The Morgan fingerprint density at radius 2 is 2.21 bits per heavy atom. The van der Waals surface area contributed by atoms with Crippen molar-refractivity contribution >= 4 is 21.4 Å². The zero-order chi connectivity index (χ0) is 9.97. The molecule has 0 aliphatic rings. The van der Waals surface area contributed by atoms with Gasteiger partial charge in [-0.25, -0.2) is 0 Å². The SMILES string of the molecule is CCC(NC)c1cccc2ccsc12. The molecule has 0 aliphatic carbocycles. The first-order valence-corrected chi connectivity index (χ1v) is 5.88. The van der Waals surface area contributed by atoms with Crippen LogP contribution < -0.4 is 5.32 Å². The largest absolute Gasteiger partial charge is 0.313 e. The van der Waals surface area contributed by atoms with Crippen molar-refractivity contribution in [3.05, 3.63) is 35.2 Å². The van der Waals surface area contributed by atoms with E-state index in [1.54, 1.807) is 0 Å². The molecule has 0 radical (unpaired) electrons. The fraction of sp³-hybridized carbons (Fsp3) is 0.333. The summed E-state index contributed by atoms with van der Waals surface area (Å²) in [5.74, 6) is 0. The van der Waals surface area contributed by atoms with Crippen LogP contribution in [0.5, 0.6) is 0 Å². The van der Waals surface area contributed by atoms with Crippen LogP contribution in [0.25, 0.3) is 10.1 Å². The van der Waals surface area contributed by atoms with Crippen molar-refractivity contribution in [1.29, 1.82) is 0 Å². The molecule has 1 nitrogen and oxygen atoms in total. The monoisotopic (exact) mass is 205 g/mol. The van der Waals surface area contributed by atoms with Crippen molar-refractivity contribution in [3.8, 4) is 0 Å². The van der Waals surface area contributed by atoms with Gasteiger partial charge in [-0.1, -0.05) is 25.1 Å². The highest BCUT2D eigenvalue weighted by molar-refractivity contribution is 7.17. The maximum atomic E-state index is 3.36. The van der Waals surface area contributed by atoms with Gasteiger partial charge in [0, 0.05) is 10.7 Å². The smallest absolute Gasteiger partial charge is 0.0390 e. The molecule has 1 heterocycles. The van der Waals surface area contributed by atoms with Crippen LogP contribution in [0.4, 0.5) is 0 Å². The fourth-order valence-corrected chi connectivity index (χ4v) is 2.84. The molecule has 2 heteroatoms. The van der Waals surface area contributed by atoms with Crippen molar-refractivity contribution < 1.29 is 0 Å².